The lowest BCUT2D eigenvalue weighted by molar-refractivity contribution is -0.386. The molecule has 1 heterocycles. The zero-order valence-corrected chi connectivity index (χ0v) is 25.2. The van der Waals surface area contributed by atoms with Crippen molar-refractivity contribution in [3.8, 4) is 22.5 Å². The van der Waals surface area contributed by atoms with Gasteiger partial charge in [-0.25, -0.2) is 4.58 Å². The van der Waals surface area contributed by atoms with Gasteiger partial charge in [0, 0.05) is 58.9 Å². The minimum atomic E-state index is -0.480. The maximum Gasteiger partial charge on any atom is 0.251 e. The fraction of sp³-hybridized carbons (Fsp3) is 0.394. The number of hydrogen-bond donors (Lipinski definition) is 2. The van der Waals surface area contributed by atoms with Crippen molar-refractivity contribution in [1.29, 1.82) is 0 Å². The number of anilines is 1. The van der Waals surface area contributed by atoms with E-state index in [1.54, 1.807) is 18.2 Å². The van der Waals surface area contributed by atoms with Crippen LogP contribution in [0.4, 0.5) is 5.69 Å². The van der Waals surface area contributed by atoms with Crippen LogP contribution in [-0.4, -0.2) is 58.9 Å². The van der Waals surface area contributed by atoms with E-state index in [2.05, 4.69) is 5.32 Å². The number of nitrogen functional groups attached to an aromatic ring is 1. The molecule has 0 radical (unpaired) electrons. The Hall–Kier alpha value is -3.43. The number of halogens is 1. The number of carbonyl (C=O) groups excluding carboxylic acids is 1. The van der Waals surface area contributed by atoms with E-state index in [9.17, 15) is 9.90 Å². The van der Waals surface area contributed by atoms with Gasteiger partial charge in [0.05, 0.1) is 25.9 Å². The van der Waals surface area contributed by atoms with Crippen LogP contribution in [0.15, 0.2) is 59.0 Å². The number of carbonyl (C=O) groups is 1. The van der Waals surface area contributed by atoms with E-state index >= 15 is 0 Å². The molecule has 0 saturated carbocycles. The lowest BCUT2D eigenvalue weighted by atomic mass is 9.90. The second-order valence-electron chi connectivity index (χ2n) is 10.4. The van der Waals surface area contributed by atoms with E-state index in [1.165, 1.54) is 0 Å². The number of rotatable bonds is 15. The van der Waals surface area contributed by atoms with Crippen LogP contribution < -0.4 is 26.1 Å². The molecule has 0 unspecified atom stereocenters. The van der Waals surface area contributed by atoms with Crippen LogP contribution in [0.2, 0.25) is 0 Å². The van der Waals surface area contributed by atoms with E-state index in [1.807, 2.05) is 55.1 Å². The van der Waals surface area contributed by atoms with Gasteiger partial charge >= 0.3 is 0 Å². The first kappa shape index (κ1) is 31.5. The number of alkyl halides is 1. The Kier molecular flexibility index (Phi) is 11.8. The smallest absolute Gasteiger partial charge is 0.251 e. The molecule has 2 aromatic rings. The van der Waals surface area contributed by atoms with E-state index in [-0.39, 0.29) is 5.91 Å². The molecule has 1 amide bonds. The zero-order valence-electron chi connectivity index (χ0n) is 24.4. The van der Waals surface area contributed by atoms with Gasteiger partial charge < -0.3 is 30.0 Å². The summed E-state index contributed by atoms with van der Waals surface area (Å²) in [4.78, 5) is 12.9. The monoisotopic (exact) mass is 593 g/mol. The molecule has 0 atom stereocenters. The fourth-order valence-corrected chi connectivity index (χ4v) is 5.06. The van der Waals surface area contributed by atoms with Crippen LogP contribution in [0.1, 0.15) is 41.6 Å². The molecule has 0 fully saturated rings. The average Bonchev–Trinajstić information content (AvgIpc) is 2.99. The van der Waals surface area contributed by atoms with Gasteiger partial charge in [0.25, 0.3) is 5.91 Å². The molecule has 8 nitrogen and oxygen atoms in total. The minimum absolute atomic E-state index is 0.255. The number of fused-ring (bicyclic) bond motifs is 2. The number of nitrogens with two attached hydrogens (primary N) is 1. The number of hydrogen-bond acceptors (Lipinski definition) is 6. The van der Waals surface area contributed by atoms with Gasteiger partial charge in [-0.1, -0.05) is 24.5 Å². The van der Waals surface area contributed by atoms with E-state index in [0.717, 1.165) is 59.7 Å². The van der Waals surface area contributed by atoms with Crippen LogP contribution in [0.5, 0.6) is 0 Å². The van der Waals surface area contributed by atoms with Crippen LogP contribution >= 0.6 is 11.6 Å². The molecule has 9 heteroatoms. The number of nitrogens with zero attached hydrogens (tertiary/aromatic N) is 1. The standard InChI is InChI=1S/C33H39ClN3O5/c1-37(2)26-9-12-29-31(21-26)42-30-20-25(35)8-11-28(30)32(29)27-10-7-23(19-24(27)22-38)33(39)36-14-16-41-18-17-40-15-6-4-3-5-13-34/h7-12,19-21,35H,3-6,13-18,22H2,1-2H3,(H,36,39)/q-1/p+1. The van der Waals surface area contributed by atoms with Crippen molar-refractivity contribution < 1.29 is 23.8 Å². The second-order valence-corrected chi connectivity index (χ2v) is 10.8. The Morgan fingerprint density at radius 2 is 1.69 bits per heavy atom. The minimum Gasteiger partial charge on any atom is -0.851 e. The summed E-state index contributed by atoms with van der Waals surface area (Å²) in [6.45, 7) is 1.97. The first-order valence-electron chi connectivity index (χ1n) is 14.4. The Labute approximate surface area is 252 Å². The molecule has 2 aromatic carbocycles. The highest BCUT2D eigenvalue weighted by molar-refractivity contribution is 6.17. The molecule has 0 saturated heterocycles. The quantitative estimate of drug-likeness (QED) is 0.0701. The topological polar surface area (TPSA) is 113 Å². The molecular formula is C33H40ClN3O5. The fourth-order valence-electron chi connectivity index (χ4n) is 4.87. The van der Waals surface area contributed by atoms with Crippen molar-refractivity contribution >= 4 is 34.2 Å². The molecule has 2 aliphatic rings. The van der Waals surface area contributed by atoms with Crippen LogP contribution in [0.3, 0.4) is 0 Å². The summed E-state index contributed by atoms with van der Waals surface area (Å²) in [5.74, 6) is 1.14. The van der Waals surface area contributed by atoms with Gasteiger partial charge in [-0.05, 0) is 48.7 Å². The molecule has 42 heavy (non-hydrogen) atoms. The molecule has 1 aliphatic carbocycles. The normalized spacial score (nSPS) is 11.3. The lowest BCUT2D eigenvalue weighted by Crippen LogP contribution is -2.28. The molecular weight excluding hydrogens is 554 g/mol. The zero-order chi connectivity index (χ0) is 29.9. The first-order valence-corrected chi connectivity index (χ1v) is 14.9. The Balaban J connectivity index is 1.44. The molecule has 3 N–H and O–H groups in total. The number of amides is 1. The third kappa shape index (κ3) is 8.10. The predicted molar refractivity (Wildman–Crippen MR) is 167 cm³/mol. The lowest BCUT2D eigenvalue weighted by Gasteiger charge is -2.20. The largest absolute Gasteiger partial charge is 0.851 e. The number of benzene rings is 3. The van der Waals surface area contributed by atoms with Gasteiger partial charge in [-0.3, -0.25) is 4.79 Å². The van der Waals surface area contributed by atoms with Crippen molar-refractivity contribution in [2.75, 3.05) is 58.7 Å². The van der Waals surface area contributed by atoms with Gasteiger partial charge in [0.15, 0.2) is 0 Å². The van der Waals surface area contributed by atoms with E-state index in [0.29, 0.717) is 60.4 Å². The first-order chi connectivity index (χ1) is 20.4. The number of nitrogens with one attached hydrogen (secondary N) is 1. The van der Waals surface area contributed by atoms with Crippen molar-refractivity contribution in [2.24, 2.45) is 0 Å². The Morgan fingerprint density at radius 1 is 0.929 bits per heavy atom. The highest BCUT2D eigenvalue weighted by atomic mass is 35.5. The van der Waals surface area contributed by atoms with Gasteiger partial charge in [0.1, 0.15) is 25.4 Å². The summed E-state index contributed by atoms with van der Waals surface area (Å²) in [7, 11) is 3.93. The summed E-state index contributed by atoms with van der Waals surface area (Å²) in [6, 6.07) is 16.8. The summed E-state index contributed by atoms with van der Waals surface area (Å²) < 4.78 is 19.4. The number of ether oxygens (including phenoxy) is 2. The SMILES string of the molecule is C[N+](C)=c1ccc2c(-c3ccc(C(=O)NCCOCCOCCCCCCCl)cc3C[O-])c3ccc(N)cc3oc-2c1. The molecule has 0 bridgehead atoms. The second kappa shape index (κ2) is 15.7. The van der Waals surface area contributed by atoms with Crippen LogP contribution in [0, 0.1) is 0 Å². The maximum absolute atomic E-state index is 12.9. The number of unbranched alkanes of at least 4 members (excludes halogenated alkanes) is 3. The summed E-state index contributed by atoms with van der Waals surface area (Å²) in [5.41, 5.74) is 10.7. The van der Waals surface area contributed by atoms with Crippen LogP contribution in [-0.2, 0) is 16.1 Å². The van der Waals surface area contributed by atoms with Gasteiger partial charge in [-0.15, -0.1) is 18.2 Å². The van der Waals surface area contributed by atoms with Crippen molar-refractivity contribution in [3.05, 3.63) is 71.1 Å². The summed E-state index contributed by atoms with van der Waals surface area (Å²) in [6.07, 6.45) is 4.32. The van der Waals surface area contributed by atoms with Crippen molar-refractivity contribution in [2.45, 2.75) is 32.3 Å². The highest BCUT2D eigenvalue weighted by Gasteiger charge is 2.20. The highest BCUT2D eigenvalue weighted by Crippen LogP contribution is 2.41. The molecule has 1 aliphatic heterocycles. The Morgan fingerprint density at radius 3 is 2.45 bits per heavy atom. The average molecular weight is 594 g/mol. The third-order valence-corrected chi connectivity index (χ3v) is 7.38. The summed E-state index contributed by atoms with van der Waals surface area (Å²) in [5, 5.41) is 17.1. The molecule has 0 aromatic heterocycles. The van der Waals surface area contributed by atoms with Crippen molar-refractivity contribution in [1.82, 2.24) is 9.89 Å². The van der Waals surface area contributed by atoms with E-state index in [4.69, 9.17) is 31.2 Å². The predicted octanol–water partition coefficient (Wildman–Crippen LogP) is 4.24. The van der Waals surface area contributed by atoms with Gasteiger partial charge in [0.2, 0.25) is 5.36 Å². The maximum atomic E-state index is 12.9. The molecule has 0 spiro atoms. The van der Waals surface area contributed by atoms with Crippen LogP contribution in [0.25, 0.3) is 33.4 Å². The van der Waals surface area contributed by atoms with E-state index < -0.39 is 6.61 Å². The van der Waals surface area contributed by atoms with Gasteiger partial charge in [-0.2, -0.15) is 0 Å². The molecule has 4 rings (SSSR count). The Bertz CT molecular complexity index is 1530. The third-order valence-electron chi connectivity index (χ3n) is 7.11. The van der Waals surface area contributed by atoms with Crippen molar-refractivity contribution in [3.63, 3.8) is 0 Å². The molecule has 224 valence electrons. The summed E-state index contributed by atoms with van der Waals surface area (Å²) >= 11 is 5.68.